The number of halogens is 2. The van der Waals surface area contributed by atoms with E-state index in [4.69, 9.17) is 28.3 Å². The molecule has 3 aromatic carbocycles. The first-order valence-corrected chi connectivity index (χ1v) is 14.3. The van der Waals surface area contributed by atoms with Crippen LogP contribution in [0.3, 0.4) is 0 Å². The molecule has 0 saturated heterocycles. The summed E-state index contributed by atoms with van der Waals surface area (Å²) in [5.74, 6) is -1.38. The number of carboxylic acids is 1. The minimum Gasteiger partial charge on any atom is -0.479 e. The summed E-state index contributed by atoms with van der Waals surface area (Å²) in [7, 11) is 0. The van der Waals surface area contributed by atoms with E-state index in [0.29, 0.717) is 21.5 Å². The van der Waals surface area contributed by atoms with Gasteiger partial charge in [-0.3, -0.25) is 9.69 Å². The summed E-state index contributed by atoms with van der Waals surface area (Å²) >= 11 is 12.2. The molecule has 1 fully saturated rings. The van der Waals surface area contributed by atoms with E-state index >= 15 is 0 Å². The summed E-state index contributed by atoms with van der Waals surface area (Å²) < 4.78 is 0. The zero-order chi connectivity index (χ0) is 29.4. The molecule has 0 bridgehead atoms. The van der Waals surface area contributed by atoms with E-state index in [-0.39, 0.29) is 19.1 Å². The minimum absolute atomic E-state index is 0.233. The molecule has 0 aliphatic heterocycles. The van der Waals surface area contributed by atoms with Gasteiger partial charge in [-0.15, -0.1) is 0 Å². The Morgan fingerprint density at radius 1 is 0.854 bits per heavy atom. The lowest BCUT2D eigenvalue weighted by atomic mass is 9.84. The van der Waals surface area contributed by atoms with Crippen LogP contribution in [-0.4, -0.2) is 40.8 Å². The van der Waals surface area contributed by atoms with Gasteiger partial charge in [0, 0.05) is 27.8 Å². The van der Waals surface area contributed by atoms with Crippen molar-refractivity contribution in [2.24, 2.45) is 0 Å². The summed E-state index contributed by atoms with van der Waals surface area (Å²) in [6.45, 7) is 0.0696. The van der Waals surface area contributed by atoms with Crippen LogP contribution in [0.2, 0.25) is 10.0 Å². The molecule has 4 rings (SSSR count). The van der Waals surface area contributed by atoms with Crippen LogP contribution in [0.25, 0.3) is 0 Å². The van der Waals surface area contributed by atoms with Crippen molar-refractivity contribution in [3.8, 4) is 0 Å². The molecule has 0 radical (unpaired) electrons. The monoisotopic (exact) mass is 597 g/mol. The lowest BCUT2D eigenvalue weighted by Gasteiger charge is -2.26. The number of carbonyl (C=O) groups is 3. The van der Waals surface area contributed by atoms with Crippen molar-refractivity contribution in [3.63, 3.8) is 0 Å². The normalized spacial score (nSPS) is 14.2. The molecule has 8 nitrogen and oxygen atoms in total. The van der Waals surface area contributed by atoms with Crippen molar-refractivity contribution in [3.05, 3.63) is 99.0 Å². The van der Waals surface area contributed by atoms with Gasteiger partial charge in [-0.25, -0.2) is 9.59 Å². The predicted octanol–water partition coefficient (Wildman–Crippen LogP) is 6.13. The first kappa shape index (κ1) is 30.4. The van der Waals surface area contributed by atoms with E-state index in [1.54, 1.807) is 47.4 Å². The molecule has 3 amide bonds. The lowest BCUT2D eigenvalue weighted by Crippen LogP contribution is -2.39. The maximum Gasteiger partial charge on any atom is 0.334 e. The molecule has 0 spiro atoms. The van der Waals surface area contributed by atoms with Gasteiger partial charge < -0.3 is 20.8 Å². The van der Waals surface area contributed by atoms with Crippen molar-refractivity contribution in [1.82, 2.24) is 10.6 Å². The van der Waals surface area contributed by atoms with E-state index in [0.717, 1.165) is 16.8 Å². The number of carbonyl (C=O) groups excluding carboxylic acids is 2. The van der Waals surface area contributed by atoms with Gasteiger partial charge >= 0.3 is 12.0 Å². The first-order valence-electron chi connectivity index (χ1n) is 13.6. The highest BCUT2D eigenvalue weighted by molar-refractivity contribution is 6.34. The summed E-state index contributed by atoms with van der Waals surface area (Å²) in [5, 5.41) is 24.5. The van der Waals surface area contributed by atoms with Gasteiger partial charge in [0.25, 0.3) is 5.91 Å². The molecule has 10 heteroatoms. The Morgan fingerprint density at radius 2 is 1.49 bits per heavy atom. The molecular formula is C31H33Cl2N3O5. The Hall–Kier alpha value is -3.59. The molecule has 4 N–H and O–H groups in total. The SMILES string of the molecule is O=C(NCC(O)C(=O)O)c1ccc(CN(C(=O)NCc2cc(Cl)cc(Cl)c2)c2ccc(C3CCCCC3)cc2)cc1. The maximum atomic E-state index is 13.5. The maximum absolute atomic E-state index is 13.5. The third-order valence-electron chi connectivity index (χ3n) is 7.19. The third-order valence-corrected chi connectivity index (χ3v) is 7.63. The first-order chi connectivity index (χ1) is 19.7. The van der Waals surface area contributed by atoms with Crippen LogP contribution in [0.4, 0.5) is 10.5 Å². The molecule has 1 aliphatic rings. The Bertz CT molecular complexity index is 1340. The van der Waals surface area contributed by atoms with Crippen LogP contribution >= 0.6 is 23.2 Å². The number of nitrogens with zero attached hydrogens (tertiary/aromatic N) is 1. The van der Waals surface area contributed by atoms with Gasteiger partial charge in [-0.1, -0.05) is 66.7 Å². The summed E-state index contributed by atoms with van der Waals surface area (Å²) in [4.78, 5) is 38.2. The molecule has 1 atom stereocenters. The highest BCUT2D eigenvalue weighted by atomic mass is 35.5. The largest absolute Gasteiger partial charge is 0.479 e. The van der Waals surface area contributed by atoms with E-state index in [9.17, 15) is 19.5 Å². The number of benzene rings is 3. The minimum atomic E-state index is -1.68. The fraction of sp³-hybridized carbons (Fsp3) is 0.323. The molecule has 3 aromatic rings. The van der Waals surface area contributed by atoms with Gasteiger partial charge in [0.15, 0.2) is 6.10 Å². The van der Waals surface area contributed by atoms with Crippen molar-refractivity contribution in [2.75, 3.05) is 11.4 Å². The number of aliphatic hydroxyl groups excluding tert-OH is 1. The van der Waals surface area contributed by atoms with Gasteiger partial charge in [0.05, 0.1) is 13.1 Å². The molecule has 1 aliphatic carbocycles. The topological polar surface area (TPSA) is 119 Å². The van der Waals surface area contributed by atoms with E-state index < -0.39 is 24.5 Å². The number of amides is 3. The highest BCUT2D eigenvalue weighted by Crippen LogP contribution is 2.33. The smallest absolute Gasteiger partial charge is 0.334 e. The zero-order valence-electron chi connectivity index (χ0n) is 22.5. The van der Waals surface area contributed by atoms with Crippen LogP contribution in [0.15, 0.2) is 66.7 Å². The second kappa shape index (κ2) is 14.3. The number of urea groups is 1. The quantitative estimate of drug-likeness (QED) is 0.224. The number of nitrogens with one attached hydrogen (secondary N) is 2. The van der Waals surface area contributed by atoms with Gasteiger partial charge in [-0.2, -0.15) is 0 Å². The lowest BCUT2D eigenvalue weighted by molar-refractivity contribution is -0.146. The van der Waals surface area contributed by atoms with Crippen molar-refractivity contribution in [2.45, 2.75) is 57.2 Å². The highest BCUT2D eigenvalue weighted by Gasteiger charge is 2.20. The predicted molar refractivity (Wildman–Crippen MR) is 160 cm³/mol. The van der Waals surface area contributed by atoms with Crippen LogP contribution in [-0.2, 0) is 17.9 Å². The van der Waals surface area contributed by atoms with Crippen LogP contribution < -0.4 is 15.5 Å². The average molecular weight is 599 g/mol. The molecular weight excluding hydrogens is 565 g/mol. The number of hydrogen-bond donors (Lipinski definition) is 4. The molecule has 1 unspecified atom stereocenters. The second-order valence-corrected chi connectivity index (χ2v) is 11.1. The molecule has 0 aromatic heterocycles. The Balaban J connectivity index is 1.49. The number of aliphatic carboxylic acids is 1. The molecule has 216 valence electrons. The number of anilines is 1. The van der Waals surface area contributed by atoms with Crippen molar-refractivity contribution < 1.29 is 24.6 Å². The Labute approximate surface area is 249 Å². The molecule has 1 saturated carbocycles. The molecule has 0 heterocycles. The van der Waals surface area contributed by atoms with Crippen molar-refractivity contribution >= 4 is 46.8 Å². The van der Waals surface area contributed by atoms with Crippen molar-refractivity contribution in [1.29, 1.82) is 0 Å². The number of rotatable bonds is 10. The van der Waals surface area contributed by atoms with Crippen LogP contribution in [0, 0.1) is 0 Å². The number of hydrogen-bond acceptors (Lipinski definition) is 4. The third kappa shape index (κ3) is 8.70. The summed E-state index contributed by atoms with van der Waals surface area (Å²) in [5.41, 5.74) is 3.87. The fourth-order valence-corrected chi connectivity index (χ4v) is 5.52. The summed E-state index contributed by atoms with van der Waals surface area (Å²) in [6.07, 6.45) is 4.44. The number of carboxylic acid groups (broad SMARTS) is 1. The van der Waals surface area contributed by atoms with Gasteiger partial charge in [0.1, 0.15) is 0 Å². The van der Waals surface area contributed by atoms with Crippen LogP contribution in [0.5, 0.6) is 0 Å². The average Bonchev–Trinajstić information content (AvgIpc) is 2.97. The van der Waals surface area contributed by atoms with E-state index in [1.165, 1.54) is 37.7 Å². The molecule has 41 heavy (non-hydrogen) atoms. The van der Waals surface area contributed by atoms with Crippen LogP contribution in [0.1, 0.15) is 65.1 Å². The second-order valence-electron chi connectivity index (χ2n) is 10.2. The Kier molecular flexibility index (Phi) is 10.6. The summed E-state index contributed by atoms with van der Waals surface area (Å²) in [6, 6.07) is 19.6. The standard InChI is InChI=1S/C31H33Cl2N3O5/c32-25-14-21(15-26(33)16-25)17-35-31(41)36(27-12-10-23(11-13-27)22-4-2-1-3-5-22)19-20-6-8-24(9-7-20)29(38)34-18-28(37)30(39)40/h6-16,22,28,37H,1-5,17-19H2,(H,34,38)(H,35,41)(H,39,40). The van der Waals surface area contributed by atoms with Gasteiger partial charge in [0.2, 0.25) is 0 Å². The zero-order valence-corrected chi connectivity index (χ0v) is 24.0. The number of aliphatic hydroxyl groups is 1. The van der Waals surface area contributed by atoms with Gasteiger partial charge in [-0.05, 0) is 77.9 Å². The Morgan fingerprint density at radius 3 is 2.10 bits per heavy atom. The fourth-order valence-electron chi connectivity index (χ4n) is 4.95. The van der Waals surface area contributed by atoms with E-state index in [1.807, 2.05) is 12.1 Å². The van der Waals surface area contributed by atoms with E-state index in [2.05, 4.69) is 22.8 Å².